The lowest BCUT2D eigenvalue weighted by Gasteiger charge is -2.18. The highest BCUT2D eigenvalue weighted by molar-refractivity contribution is 7.99. The predicted molar refractivity (Wildman–Crippen MR) is 103 cm³/mol. The SMILES string of the molecule is CCN(CC)CCn1nc2c3c(c(CO)ccc31)Sc1ccccc1-2. The van der Waals surface area contributed by atoms with Gasteiger partial charge in [-0.25, -0.2) is 0 Å². The Morgan fingerprint density at radius 3 is 2.68 bits per heavy atom. The summed E-state index contributed by atoms with van der Waals surface area (Å²) in [7, 11) is 0. The Hall–Kier alpha value is -1.82. The maximum atomic E-state index is 9.77. The second-order valence-corrected chi connectivity index (χ2v) is 7.36. The summed E-state index contributed by atoms with van der Waals surface area (Å²) in [5, 5.41) is 15.9. The summed E-state index contributed by atoms with van der Waals surface area (Å²) in [5.41, 5.74) is 4.39. The lowest BCUT2D eigenvalue weighted by Crippen LogP contribution is -2.27. The summed E-state index contributed by atoms with van der Waals surface area (Å²) >= 11 is 1.75. The van der Waals surface area contributed by atoms with E-state index >= 15 is 0 Å². The molecule has 4 nitrogen and oxygen atoms in total. The van der Waals surface area contributed by atoms with E-state index in [0.717, 1.165) is 47.8 Å². The van der Waals surface area contributed by atoms with Crippen molar-refractivity contribution in [3.05, 3.63) is 42.0 Å². The fraction of sp³-hybridized carbons (Fsp3) is 0.350. The molecular weight excluding hydrogens is 330 g/mol. The number of benzene rings is 2. The fourth-order valence-corrected chi connectivity index (χ4v) is 4.73. The highest BCUT2D eigenvalue weighted by atomic mass is 32.2. The van der Waals surface area contributed by atoms with E-state index in [2.05, 4.69) is 53.8 Å². The number of aliphatic hydroxyl groups excluding tert-OH is 1. The van der Waals surface area contributed by atoms with E-state index in [9.17, 15) is 5.11 Å². The molecule has 0 radical (unpaired) electrons. The van der Waals surface area contributed by atoms with Crippen molar-refractivity contribution in [1.82, 2.24) is 14.7 Å². The number of fused-ring (bicyclic) bond motifs is 2. The summed E-state index contributed by atoms with van der Waals surface area (Å²) in [4.78, 5) is 4.78. The summed E-state index contributed by atoms with van der Waals surface area (Å²) < 4.78 is 2.14. The first-order valence-electron chi connectivity index (χ1n) is 8.89. The van der Waals surface area contributed by atoms with Crippen LogP contribution in [0.2, 0.25) is 0 Å². The first kappa shape index (κ1) is 16.6. The molecule has 0 unspecified atom stereocenters. The zero-order valence-corrected chi connectivity index (χ0v) is 15.5. The molecule has 1 N–H and O–H groups in total. The van der Waals surface area contributed by atoms with E-state index in [4.69, 9.17) is 5.10 Å². The van der Waals surface area contributed by atoms with Crippen LogP contribution < -0.4 is 0 Å². The Bertz CT molecular complexity index is 915. The van der Waals surface area contributed by atoms with Gasteiger partial charge in [-0.05, 0) is 30.8 Å². The van der Waals surface area contributed by atoms with Gasteiger partial charge < -0.3 is 10.0 Å². The lowest BCUT2D eigenvalue weighted by atomic mass is 10.0. The Labute approximate surface area is 152 Å². The number of nitrogens with zero attached hydrogens (tertiary/aromatic N) is 3. The molecule has 3 aromatic rings. The van der Waals surface area contributed by atoms with E-state index in [1.807, 2.05) is 6.07 Å². The summed E-state index contributed by atoms with van der Waals surface area (Å²) in [6.45, 7) is 8.44. The molecule has 1 aliphatic rings. The van der Waals surface area contributed by atoms with Gasteiger partial charge in [0.2, 0.25) is 0 Å². The molecule has 1 aromatic heterocycles. The van der Waals surface area contributed by atoms with Crippen LogP contribution in [0.1, 0.15) is 19.4 Å². The third kappa shape index (κ3) is 2.76. The molecule has 2 heterocycles. The van der Waals surface area contributed by atoms with Crippen LogP contribution in [0.3, 0.4) is 0 Å². The molecule has 0 saturated carbocycles. The molecule has 130 valence electrons. The normalized spacial score (nSPS) is 12.8. The van der Waals surface area contributed by atoms with Crippen molar-refractivity contribution in [3.8, 4) is 11.3 Å². The number of hydrogen-bond acceptors (Lipinski definition) is 4. The van der Waals surface area contributed by atoms with E-state index < -0.39 is 0 Å². The monoisotopic (exact) mass is 353 g/mol. The minimum absolute atomic E-state index is 0.0600. The zero-order valence-electron chi connectivity index (χ0n) is 14.7. The summed E-state index contributed by atoms with van der Waals surface area (Å²) in [5.74, 6) is 0. The number of aromatic nitrogens is 2. The zero-order chi connectivity index (χ0) is 17.4. The van der Waals surface area contributed by atoms with E-state index in [1.165, 1.54) is 15.8 Å². The van der Waals surface area contributed by atoms with Crippen LogP contribution in [0.5, 0.6) is 0 Å². The molecule has 0 amide bonds. The molecule has 4 rings (SSSR count). The molecule has 0 aliphatic carbocycles. The van der Waals surface area contributed by atoms with Crippen molar-refractivity contribution in [2.75, 3.05) is 19.6 Å². The average Bonchev–Trinajstić information content (AvgIpc) is 3.03. The number of aliphatic hydroxyl groups is 1. The first-order chi connectivity index (χ1) is 12.3. The van der Waals surface area contributed by atoms with E-state index in [-0.39, 0.29) is 6.61 Å². The third-order valence-corrected chi connectivity index (χ3v) is 6.25. The first-order valence-corrected chi connectivity index (χ1v) is 9.71. The van der Waals surface area contributed by atoms with Crippen LogP contribution in [0, 0.1) is 0 Å². The number of hydrogen-bond donors (Lipinski definition) is 1. The van der Waals surface area contributed by atoms with Crippen LogP contribution in [0.25, 0.3) is 22.2 Å². The molecule has 2 aromatic carbocycles. The number of rotatable bonds is 6. The Morgan fingerprint density at radius 2 is 1.92 bits per heavy atom. The van der Waals surface area contributed by atoms with Crippen LogP contribution in [-0.4, -0.2) is 39.4 Å². The lowest BCUT2D eigenvalue weighted by molar-refractivity contribution is 0.279. The van der Waals surface area contributed by atoms with Gasteiger partial charge in [-0.1, -0.05) is 49.9 Å². The van der Waals surface area contributed by atoms with Crippen LogP contribution >= 0.6 is 11.8 Å². The average molecular weight is 353 g/mol. The van der Waals surface area contributed by atoms with Gasteiger partial charge in [-0.3, -0.25) is 4.68 Å². The van der Waals surface area contributed by atoms with Crippen molar-refractivity contribution in [3.63, 3.8) is 0 Å². The predicted octanol–water partition coefficient (Wildman–Crippen LogP) is 4.00. The quantitative estimate of drug-likeness (QED) is 0.569. The third-order valence-electron chi connectivity index (χ3n) is 5.00. The Kier molecular flexibility index (Phi) is 4.54. The van der Waals surface area contributed by atoms with Gasteiger partial charge in [0.05, 0.1) is 18.7 Å². The van der Waals surface area contributed by atoms with Gasteiger partial charge >= 0.3 is 0 Å². The summed E-state index contributed by atoms with van der Waals surface area (Å²) in [6.07, 6.45) is 0. The molecule has 0 bridgehead atoms. The van der Waals surface area contributed by atoms with Crippen molar-refractivity contribution in [2.24, 2.45) is 0 Å². The van der Waals surface area contributed by atoms with Crippen molar-refractivity contribution < 1.29 is 5.11 Å². The van der Waals surface area contributed by atoms with Crippen LogP contribution in [-0.2, 0) is 13.2 Å². The molecule has 0 fully saturated rings. The van der Waals surface area contributed by atoms with Crippen LogP contribution in [0.4, 0.5) is 0 Å². The van der Waals surface area contributed by atoms with E-state index in [1.54, 1.807) is 11.8 Å². The second kappa shape index (κ2) is 6.83. The van der Waals surface area contributed by atoms with Crippen molar-refractivity contribution in [2.45, 2.75) is 36.8 Å². The maximum Gasteiger partial charge on any atom is 0.102 e. The Morgan fingerprint density at radius 1 is 1.12 bits per heavy atom. The van der Waals surface area contributed by atoms with Gasteiger partial charge in [0.25, 0.3) is 0 Å². The second-order valence-electron chi connectivity index (χ2n) is 6.30. The molecule has 0 saturated heterocycles. The topological polar surface area (TPSA) is 41.3 Å². The minimum atomic E-state index is 0.0600. The molecule has 0 spiro atoms. The minimum Gasteiger partial charge on any atom is -0.392 e. The van der Waals surface area contributed by atoms with Crippen LogP contribution in [0.15, 0.2) is 46.2 Å². The van der Waals surface area contributed by atoms with Gasteiger partial charge in [0.1, 0.15) is 5.69 Å². The van der Waals surface area contributed by atoms with Gasteiger partial charge in [-0.15, -0.1) is 0 Å². The standard InChI is InChI=1S/C20H23N3OS/c1-3-22(4-2)11-12-23-16-10-9-14(13-24)20-18(16)19(21-23)15-7-5-6-8-17(15)25-20/h5-10,24H,3-4,11-13H2,1-2H3. The summed E-state index contributed by atoms with van der Waals surface area (Å²) in [6, 6.07) is 12.6. The van der Waals surface area contributed by atoms with Crippen molar-refractivity contribution >= 4 is 22.7 Å². The largest absolute Gasteiger partial charge is 0.392 e. The highest BCUT2D eigenvalue weighted by Gasteiger charge is 2.25. The number of likely N-dealkylation sites (N-methyl/N-ethyl adjacent to an activating group) is 1. The maximum absolute atomic E-state index is 9.77. The van der Waals surface area contributed by atoms with Gasteiger partial charge in [0.15, 0.2) is 0 Å². The molecular formula is C20H23N3OS. The Balaban J connectivity index is 1.85. The smallest absolute Gasteiger partial charge is 0.102 e. The highest BCUT2D eigenvalue weighted by Crippen LogP contribution is 2.48. The van der Waals surface area contributed by atoms with Gasteiger partial charge in [0, 0.05) is 27.3 Å². The van der Waals surface area contributed by atoms with Gasteiger partial charge in [-0.2, -0.15) is 5.10 Å². The van der Waals surface area contributed by atoms with Crippen molar-refractivity contribution in [1.29, 1.82) is 0 Å². The molecule has 0 atom stereocenters. The fourth-order valence-electron chi connectivity index (χ4n) is 3.52. The van der Waals surface area contributed by atoms with E-state index in [0.29, 0.717) is 0 Å². The molecule has 1 aliphatic heterocycles. The molecule has 5 heteroatoms. The molecule has 25 heavy (non-hydrogen) atoms.